The Hall–Kier alpha value is -1.23. The summed E-state index contributed by atoms with van der Waals surface area (Å²) >= 11 is 12.8. The van der Waals surface area contributed by atoms with Crippen LogP contribution in [0.1, 0.15) is 50.8 Å². The predicted molar refractivity (Wildman–Crippen MR) is 91.0 cm³/mol. The highest BCUT2D eigenvalue weighted by Gasteiger charge is 2.45. The van der Waals surface area contributed by atoms with Gasteiger partial charge in [-0.3, -0.25) is 4.79 Å². The fraction of sp³-hybridized carbons (Fsp3) is 0.471. The van der Waals surface area contributed by atoms with Gasteiger partial charge in [-0.15, -0.1) is 0 Å². The van der Waals surface area contributed by atoms with E-state index in [9.17, 15) is 4.79 Å². The Bertz CT molecular complexity index is 771. The van der Waals surface area contributed by atoms with Crippen LogP contribution in [0.4, 0.5) is 0 Å². The molecule has 2 heterocycles. The van der Waals surface area contributed by atoms with Gasteiger partial charge in [0.25, 0.3) is 5.79 Å². The lowest BCUT2D eigenvalue weighted by Crippen LogP contribution is -2.40. The zero-order chi connectivity index (χ0) is 16.8. The number of benzene rings is 1. The first-order valence-electron chi connectivity index (χ1n) is 7.73. The zero-order valence-corrected chi connectivity index (χ0v) is 14.8. The molecule has 0 spiro atoms. The quantitative estimate of drug-likeness (QED) is 0.776. The highest BCUT2D eigenvalue weighted by molar-refractivity contribution is 6.40. The van der Waals surface area contributed by atoms with Gasteiger partial charge in [0.05, 0.1) is 27.9 Å². The Labute approximate surface area is 145 Å². The fourth-order valence-corrected chi connectivity index (χ4v) is 3.82. The summed E-state index contributed by atoms with van der Waals surface area (Å²) < 4.78 is 11.6. The first-order valence-corrected chi connectivity index (χ1v) is 8.48. The number of halogens is 2. The largest absolute Gasteiger partial charge is 0.427 e. The highest BCUT2D eigenvalue weighted by Crippen LogP contribution is 2.47. The molecule has 1 aromatic heterocycles. The Morgan fingerprint density at radius 2 is 2.13 bits per heavy atom. The Morgan fingerprint density at radius 1 is 1.43 bits per heavy atom. The molecule has 2 aromatic rings. The lowest BCUT2D eigenvalue weighted by atomic mass is 9.90. The van der Waals surface area contributed by atoms with Gasteiger partial charge in [0.2, 0.25) is 0 Å². The SMILES string of the molecule is CCCC1(OC(C)=O)OCC(C)c2c1[nH]c1c(Cl)ccc(Cl)c21. The van der Waals surface area contributed by atoms with Gasteiger partial charge in [-0.05, 0) is 24.1 Å². The van der Waals surface area contributed by atoms with Crippen LogP contribution < -0.4 is 0 Å². The summed E-state index contributed by atoms with van der Waals surface area (Å²) in [5.74, 6) is -1.36. The third kappa shape index (κ3) is 2.63. The lowest BCUT2D eigenvalue weighted by Gasteiger charge is -2.38. The van der Waals surface area contributed by atoms with E-state index in [1.807, 2.05) is 6.92 Å². The van der Waals surface area contributed by atoms with Gasteiger partial charge >= 0.3 is 5.97 Å². The van der Waals surface area contributed by atoms with Crippen LogP contribution >= 0.6 is 23.2 Å². The number of rotatable bonds is 3. The van der Waals surface area contributed by atoms with Gasteiger partial charge in [-0.25, -0.2) is 0 Å². The molecule has 3 rings (SSSR count). The summed E-state index contributed by atoms with van der Waals surface area (Å²) in [7, 11) is 0. The van der Waals surface area contributed by atoms with Crippen molar-refractivity contribution in [2.45, 2.75) is 45.3 Å². The average Bonchev–Trinajstić information content (AvgIpc) is 2.90. The maximum Gasteiger partial charge on any atom is 0.305 e. The molecule has 4 nitrogen and oxygen atoms in total. The van der Waals surface area contributed by atoms with Crippen molar-refractivity contribution in [1.29, 1.82) is 0 Å². The maximum atomic E-state index is 11.7. The van der Waals surface area contributed by atoms with Crippen LogP contribution in [0.2, 0.25) is 10.0 Å². The number of ether oxygens (including phenoxy) is 2. The average molecular weight is 356 g/mol. The maximum absolute atomic E-state index is 11.7. The molecular weight excluding hydrogens is 337 g/mol. The van der Waals surface area contributed by atoms with Crippen LogP contribution in [0.3, 0.4) is 0 Å². The molecule has 0 saturated heterocycles. The first kappa shape index (κ1) is 16.6. The molecular formula is C17H19Cl2NO3. The molecule has 0 bridgehead atoms. The number of hydrogen-bond donors (Lipinski definition) is 1. The summed E-state index contributed by atoms with van der Waals surface area (Å²) in [6, 6.07) is 3.54. The zero-order valence-electron chi connectivity index (χ0n) is 13.3. The van der Waals surface area contributed by atoms with Crippen molar-refractivity contribution in [3.05, 3.63) is 33.4 Å². The van der Waals surface area contributed by atoms with E-state index >= 15 is 0 Å². The van der Waals surface area contributed by atoms with E-state index in [0.717, 1.165) is 28.6 Å². The Balaban J connectivity index is 2.32. The molecule has 1 aromatic carbocycles. The minimum absolute atomic E-state index is 0.121. The molecule has 23 heavy (non-hydrogen) atoms. The van der Waals surface area contributed by atoms with Crippen LogP contribution in [-0.4, -0.2) is 17.6 Å². The van der Waals surface area contributed by atoms with E-state index in [4.69, 9.17) is 32.7 Å². The van der Waals surface area contributed by atoms with Crippen molar-refractivity contribution in [3.63, 3.8) is 0 Å². The normalized spacial score (nSPS) is 23.8. The molecule has 2 atom stereocenters. The van der Waals surface area contributed by atoms with E-state index in [-0.39, 0.29) is 11.9 Å². The van der Waals surface area contributed by atoms with Gasteiger partial charge in [0, 0.05) is 24.6 Å². The van der Waals surface area contributed by atoms with Crippen LogP contribution in [0.25, 0.3) is 10.9 Å². The number of nitrogens with one attached hydrogen (secondary N) is 1. The van der Waals surface area contributed by atoms with Gasteiger partial charge in [-0.1, -0.05) is 37.0 Å². The molecule has 1 aliphatic heterocycles. The smallest absolute Gasteiger partial charge is 0.305 e. The molecule has 0 amide bonds. The molecule has 0 radical (unpaired) electrons. The molecule has 0 fully saturated rings. The summed E-state index contributed by atoms with van der Waals surface area (Å²) in [5.41, 5.74) is 2.53. The van der Waals surface area contributed by atoms with Crippen molar-refractivity contribution in [2.24, 2.45) is 0 Å². The number of esters is 1. The molecule has 6 heteroatoms. The number of aromatic nitrogens is 1. The summed E-state index contributed by atoms with van der Waals surface area (Å²) in [5, 5.41) is 2.10. The summed E-state index contributed by atoms with van der Waals surface area (Å²) in [4.78, 5) is 15.0. The number of hydrogen-bond acceptors (Lipinski definition) is 3. The van der Waals surface area contributed by atoms with E-state index in [1.54, 1.807) is 12.1 Å². The monoisotopic (exact) mass is 355 g/mol. The molecule has 0 saturated carbocycles. The van der Waals surface area contributed by atoms with Crippen LogP contribution in [0.15, 0.2) is 12.1 Å². The van der Waals surface area contributed by atoms with Crippen LogP contribution in [-0.2, 0) is 20.1 Å². The van der Waals surface area contributed by atoms with Gasteiger partial charge in [0.15, 0.2) is 0 Å². The topological polar surface area (TPSA) is 51.3 Å². The number of H-pyrrole nitrogens is 1. The first-order chi connectivity index (χ1) is 10.9. The van der Waals surface area contributed by atoms with Crippen molar-refractivity contribution in [2.75, 3.05) is 6.61 Å². The Morgan fingerprint density at radius 3 is 2.78 bits per heavy atom. The highest BCUT2D eigenvalue weighted by atomic mass is 35.5. The van der Waals surface area contributed by atoms with Crippen LogP contribution in [0.5, 0.6) is 0 Å². The number of carbonyl (C=O) groups is 1. The third-order valence-corrected chi connectivity index (χ3v) is 4.85. The Kier molecular flexibility index (Phi) is 4.34. The second-order valence-corrected chi connectivity index (χ2v) is 6.82. The minimum atomic E-state index is -1.10. The molecule has 0 aliphatic carbocycles. The van der Waals surface area contributed by atoms with E-state index < -0.39 is 5.79 Å². The van der Waals surface area contributed by atoms with Gasteiger partial charge in [0.1, 0.15) is 0 Å². The number of aromatic amines is 1. The van der Waals surface area contributed by atoms with Crippen molar-refractivity contribution >= 4 is 40.1 Å². The van der Waals surface area contributed by atoms with Crippen molar-refractivity contribution in [3.8, 4) is 0 Å². The molecule has 1 N–H and O–H groups in total. The van der Waals surface area contributed by atoms with E-state index in [2.05, 4.69) is 11.9 Å². The second-order valence-electron chi connectivity index (χ2n) is 6.00. The van der Waals surface area contributed by atoms with Gasteiger partial charge in [-0.2, -0.15) is 0 Å². The number of fused-ring (bicyclic) bond motifs is 3. The lowest BCUT2D eigenvalue weighted by molar-refractivity contribution is -0.250. The van der Waals surface area contributed by atoms with E-state index in [0.29, 0.717) is 23.1 Å². The summed E-state index contributed by atoms with van der Waals surface area (Å²) in [6.07, 6.45) is 1.37. The third-order valence-electron chi connectivity index (χ3n) is 4.22. The predicted octanol–water partition coefficient (Wildman–Crippen LogP) is 5.12. The van der Waals surface area contributed by atoms with Crippen molar-refractivity contribution < 1.29 is 14.3 Å². The van der Waals surface area contributed by atoms with Gasteiger partial charge < -0.3 is 14.5 Å². The molecule has 124 valence electrons. The fourth-order valence-electron chi connectivity index (χ4n) is 3.35. The molecule has 2 unspecified atom stereocenters. The van der Waals surface area contributed by atoms with E-state index in [1.165, 1.54) is 6.92 Å². The standard InChI is InChI=1S/C17H19Cl2NO3/c1-4-7-17(23-10(3)21)16-13(9(2)8-22-17)14-11(18)5-6-12(19)15(14)20-16/h5-6,9,20H,4,7-8H2,1-3H3. The minimum Gasteiger partial charge on any atom is -0.427 e. The summed E-state index contributed by atoms with van der Waals surface area (Å²) in [6.45, 7) is 5.93. The number of carbonyl (C=O) groups excluding carboxylic acids is 1. The van der Waals surface area contributed by atoms with Crippen molar-refractivity contribution in [1.82, 2.24) is 4.98 Å². The molecule has 1 aliphatic rings. The second kappa shape index (κ2) is 6.00. The van der Waals surface area contributed by atoms with Crippen LogP contribution in [0, 0.1) is 0 Å².